The third kappa shape index (κ3) is 2.24. The Balaban J connectivity index is 2.54. The van der Waals surface area contributed by atoms with Crippen molar-refractivity contribution in [1.82, 2.24) is 0 Å². The zero-order valence-electron chi connectivity index (χ0n) is 9.28. The van der Waals surface area contributed by atoms with Gasteiger partial charge in [-0.2, -0.15) is 0 Å². The molecule has 1 N–H and O–H groups in total. The fourth-order valence-electron chi connectivity index (χ4n) is 1.77. The molecule has 1 aromatic rings. The number of thiol groups is 1. The summed E-state index contributed by atoms with van der Waals surface area (Å²) in [6.45, 7) is 1.39. The maximum absolute atomic E-state index is 11.1. The summed E-state index contributed by atoms with van der Waals surface area (Å²) in [7, 11) is -3.09. The molecular weight excluding hydrogens is 264 g/mol. The molecule has 0 bridgehead atoms. The minimum absolute atomic E-state index is 0.0400. The predicted octanol–water partition coefficient (Wildman–Crippen LogP) is 0.718. The van der Waals surface area contributed by atoms with Crippen LogP contribution in [-0.4, -0.2) is 26.3 Å². The second-order valence-corrected chi connectivity index (χ2v) is 4.20. The number of ether oxygens (including phenoxy) is 2. The highest BCUT2D eigenvalue weighted by Crippen LogP contribution is 2.41. The highest BCUT2D eigenvalue weighted by Gasteiger charge is 2.28. The summed E-state index contributed by atoms with van der Waals surface area (Å²) in [5.41, 5.74) is 0.0697. The molecule has 8 heteroatoms. The van der Waals surface area contributed by atoms with Crippen molar-refractivity contribution in [2.24, 2.45) is 0 Å². The molecule has 98 valence electrons. The lowest BCUT2D eigenvalue weighted by Crippen LogP contribution is -2.09. The second-order valence-electron chi connectivity index (χ2n) is 3.54. The molecule has 0 fully saturated rings. The zero-order valence-corrected chi connectivity index (χ0v) is 10.2. The fraction of sp³-hybridized carbons (Fsp3) is 0.300. The average Bonchev–Trinajstić information content (AvgIpc) is 2.73. The van der Waals surface area contributed by atoms with Crippen molar-refractivity contribution in [1.29, 1.82) is 0 Å². The highest BCUT2D eigenvalue weighted by atomic mass is 32.2. The van der Waals surface area contributed by atoms with E-state index in [1.165, 1.54) is 19.1 Å². The summed E-state index contributed by atoms with van der Waals surface area (Å²) in [5.74, 6) is -0.620. The van der Waals surface area contributed by atoms with Gasteiger partial charge in [0, 0.05) is 5.56 Å². The van der Waals surface area contributed by atoms with E-state index in [0.29, 0.717) is 5.75 Å². The SMILES string of the molecule is CC(O[SH](=O)=O)c1c(C(=O)O)ccc2c1OCO2. The smallest absolute Gasteiger partial charge is 0.336 e. The van der Waals surface area contributed by atoms with Gasteiger partial charge in [0.2, 0.25) is 6.79 Å². The van der Waals surface area contributed by atoms with Crippen LogP contribution in [-0.2, 0) is 15.2 Å². The molecule has 1 heterocycles. The highest BCUT2D eigenvalue weighted by molar-refractivity contribution is 7.67. The van der Waals surface area contributed by atoms with Crippen LogP contribution in [0.1, 0.15) is 28.9 Å². The van der Waals surface area contributed by atoms with E-state index >= 15 is 0 Å². The summed E-state index contributed by atoms with van der Waals surface area (Å²) in [5, 5.41) is 9.08. The Morgan fingerprint density at radius 2 is 2.17 bits per heavy atom. The number of carbonyl (C=O) groups is 1. The van der Waals surface area contributed by atoms with E-state index in [1.54, 1.807) is 0 Å². The van der Waals surface area contributed by atoms with Crippen molar-refractivity contribution >= 4 is 17.0 Å². The third-order valence-corrected chi connectivity index (χ3v) is 2.95. The minimum Gasteiger partial charge on any atom is -0.478 e. The van der Waals surface area contributed by atoms with Crippen LogP contribution in [0.25, 0.3) is 0 Å². The van der Waals surface area contributed by atoms with E-state index in [0.717, 1.165) is 0 Å². The van der Waals surface area contributed by atoms with E-state index in [9.17, 15) is 13.2 Å². The van der Waals surface area contributed by atoms with Gasteiger partial charge in [0.25, 0.3) is 11.0 Å². The number of aromatic carboxylic acids is 1. The van der Waals surface area contributed by atoms with Crippen LogP contribution >= 0.6 is 0 Å². The number of rotatable bonds is 4. The lowest BCUT2D eigenvalue weighted by atomic mass is 10.0. The molecule has 0 saturated carbocycles. The van der Waals surface area contributed by atoms with Crippen LogP contribution in [0.15, 0.2) is 12.1 Å². The van der Waals surface area contributed by atoms with Gasteiger partial charge >= 0.3 is 5.97 Å². The van der Waals surface area contributed by atoms with Crippen molar-refractivity contribution < 1.29 is 32.0 Å². The number of fused-ring (bicyclic) bond motifs is 1. The van der Waals surface area contributed by atoms with Crippen molar-refractivity contribution in [3.63, 3.8) is 0 Å². The number of carboxylic acids is 1. The first-order valence-corrected chi connectivity index (χ1v) is 6.07. The number of hydrogen-bond donors (Lipinski definition) is 2. The molecule has 2 rings (SSSR count). The first-order chi connectivity index (χ1) is 8.50. The van der Waals surface area contributed by atoms with Crippen molar-refractivity contribution in [3.05, 3.63) is 23.3 Å². The van der Waals surface area contributed by atoms with Gasteiger partial charge in [0.05, 0.1) is 5.56 Å². The van der Waals surface area contributed by atoms with Gasteiger partial charge in [-0.05, 0) is 19.1 Å². The Kier molecular flexibility index (Phi) is 3.39. The fourth-order valence-corrected chi connectivity index (χ4v) is 2.13. The lowest BCUT2D eigenvalue weighted by Gasteiger charge is -2.14. The predicted molar refractivity (Wildman–Crippen MR) is 59.3 cm³/mol. The maximum Gasteiger partial charge on any atom is 0.336 e. The van der Waals surface area contributed by atoms with Gasteiger partial charge in [-0.3, -0.25) is 4.18 Å². The molecule has 1 aromatic carbocycles. The summed E-state index contributed by atoms with van der Waals surface area (Å²) in [6.07, 6.45) is -0.964. The van der Waals surface area contributed by atoms with Crippen molar-refractivity contribution in [2.45, 2.75) is 13.0 Å². The molecule has 0 radical (unpaired) electrons. The van der Waals surface area contributed by atoms with Crippen molar-refractivity contribution in [2.75, 3.05) is 6.79 Å². The Morgan fingerprint density at radius 1 is 1.44 bits per heavy atom. The third-order valence-electron chi connectivity index (χ3n) is 2.46. The van der Waals surface area contributed by atoms with Crippen LogP contribution in [0.5, 0.6) is 11.5 Å². The molecule has 0 saturated heterocycles. The van der Waals surface area contributed by atoms with Gasteiger partial charge in [-0.1, -0.05) is 0 Å². The van der Waals surface area contributed by atoms with Crippen molar-refractivity contribution in [3.8, 4) is 11.5 Å². The Labute approximate surface area is 104 Å². The van der Waals surface area contributed by atoms with E-state index < -0.39 is 23.1 Å². The Bertz CT molecular complexity index is 556. The normalized spacial score (nSPS) is 14.8. The van der Waals surface area contributed by atoms with E-state index in [2.05, 4.69) is 4.18 Å². The number of carboxylic acid groups (broad SMARTS) is 1. The molecule has 1 unspecified atom stereocenters. The maximum atomic E-state index is 11.1. The van der Waals surface area contributed by atoms with Crippen LogP contribution in [0.3, 0.4) is 0 Å². The summed E-state index contributed by atoms with van der Waals surface area (Å²) >= 11 is 0. The molecule has 0 amide bonds. The standard InChI is InChI=1S/C10H10O7S/c1-5(17-18(13)14)8-6(10(11)12)2-3-7-9(8)16-4-15-7/h2-3,5,18H,4H2,1H3,(H,11,12). The van der Waals surface area contributed by atoms with Crippen LogP contribution < -0.4 is 9.47 Å². The van der Waals surface area contributed by atoms with Crippen LogP contribution in [0, 0.1) is 0 Å². The minimum atomic E-state index is -3.09. The molecule has 1 atom stereocenters. The molecule has 0 spiro atoms. The van der Waals surface area contributed by atoms with E-state index in [4.69, 9.17) is 14.6 Å². The van der Waals surface area contributed by atoms with Gasteiger partial charge in [-0.15, -0.1) is 0 Å². The molecule has 1 aliphatic rings. The lowest BCUT2D eigenvalue weighted by molar-refractivity contribution is 0.0691. The molecule has 0 aromatic heterocycles. The largest absolute Gasteiger partial charge is 0.478 e. The molecule has 1 aliphatic heterocycles. The topological polar surface area (TPSA) is 99.1 Å². The Morgan fingerprint density at radius 3 is 2.78 bits per heavy atom. The first-order valence-electron chi connectivity index (χ1n) is 4.97. The molecule has 7 nitrogen and oxygen atoms in total. The molecule has 0 aliphatic carbocycles. The van der Waals surface area contributed by atoms with Gasteiger partial charge in [0.1, 0.15) is 6.10 Å². The van der Waals surface area contributed by atoms with Gasteiger partial charge < -0.3 is 14.6 Å². The summed E-state index contributed by atoms with van der Waals surface area (Å²) < 4.78 is 36.0. The van der Waals surface area contributed by atoms with E-state index in [1.807, 2.05) is 0 Å². The van der Waals surface area contributed by atoms with Crippen LogP contribution in [0.2, 0.25) is 0 Å². The molecule has 18 heavy (non-hydrogen) atoms. The monoisotopic (exact) mass is 274 g/mol. The quantitative estimate of drug-likeness (QED) is 0.780. The number of hydrogen-bond acceptors (Lipinski definition) is 6. The second kappa shape index (κ2) is 4.83. The molecular formula is C10H10O7S. The number of benzene rings is 1. The van der Waals surface area contributed by atoms with E-state index in [-0.39, 0.29) is 23.7 Å². The summed E-state index contributed by atoms with van der Waals surface area (Å²) in [4.78, 5) is 11.1. The van der Waals surface area contributed by atoms with Gasteiger partial charge in [-0.25, -0.2) is 13.2 Å². The average molecular weight is 274 g/mol. The van der Waals surface area contributed by atoms with Crippen LogP contribution in [0.4, 0.5) is 0 Å². The summed E-state index contributed by atoms with van der Waals surface area (Å²) in [6, 6.07) is 2.78. The van der Waals surface area contributed by atoms with Gasteiger partial charge in [0.15, 0.2) is 11.5 Å². The first kappa shape index (κ1) is 12.7. The Hall–Kier alpha value is -1.80. The zero-order chi connectivity index (χ0) is 13.3.